The Labute approximate surface area is 99.8 Å². The molecule has 0 saturated carbocycles. The molecule has 0 radical (unpaired) electrons. The molecule has 0 fully saturated rings. The van der Waals surface area contributed by atoms with Gasteiger partial charge in [0.25, 0.3) is 0 Å². The summed E-state index contributed by atoms with van der Waals surface area (Å²) in [5.74, 6) is 1.53. The number of hydrogen-bond acceptors (Lipinski definition) is 3. The third-order valence-corrected chi connectivity index (χ3v) is 2.84. The predicted octanol–water partition coefficient (Wildman–Crippen LogP) is 3.15. The molecular weight excluding hydrogens is 212 g/mol. The van der Waals surface area contributed by atoms with E-state index in [1.165, 1.54) is 17.5 Å². The van der Waals surface area contributed by atoms with Crippen molar-refractivity contribution < 1.29 is 4.74 Å². The first kappa shape index (κ1) is 10.0. The van der Waals surface area contributed by atoms with Gasteiger partial charge in [-0.3, -0.25) is 0 Å². The van der Waals surface area contributed by atoms with E-state index in [0.717, 1.165) is 17.7 Å². The lowest BCUT2D eigenvalue weighted by molar-refractivity contribution is 0.473. The molecule has 0 unspecified atom stereocenters. The molecule has 84 valence electrons. The second-order valence-corrected chi connectivity index (χ2v) is 4.10. The highest BCUT2D eigenvalue weighted by Gasteiger charge is 2.10. The fourth-order valence-corrected chi connectivity index (χ4v) is 1.98. The number of fused-ring (bicyclic) bond motifs is 1. The molecule has 0 spiro atoms. The number of ether oxygens (including phenoxy) is 1. The summed E-state index contributed by atoms with van der Waals surface area (Å²) in [5.41, 5.74) is 3.73. The van der Waals surface area contributed by atoms with Crippen molar-refractivity contribution in [2.45, 2.75) is 13.3 Å². The number of hydrogen-bond donors (Lipinski definition) is 0. The zero-order chi connectivity index (χ0) is 11.7. The molecule has 1 heterocycles. The molecule has 2 aromatic rings. The minimum absolute atomic E-state index is 0.664. The molecule has 1 aromatic carbocycles. The molecule has 1 aromatic heterocycles. The maximum Gasteiger partial charge on any atom is 0.164 e. The molecule has 3 rings (SSSR count). The van der Waals surface area contributed by atoms with Crippen molar-refractivity contribution in [1.29, 1.82) is 0 Å². The summed E-state index contributed by atoms with van der Waals surface area (Å²) in [7, 11) is 0. The maximum atomic E-state index is 5.78. The van der Waals surface area contributed by atoms with E-state index in [1.54, 1.807) is 12.4 Å². The van der Waals surface area contributed by atoms with E-state index in [2.05, 4.69) is 41.2 Å². The second-order valence-electron chi connectivity index (χ2n) is 4.10. The van der Waals surface area contributed by atoms with E-state index in [0.29, 0.717) is 5.75 Å². The Kier molecular flexibility index (Phi) is 2.37. The Morgan fingerprint density at radius 2 is 2.00 bits per heavy atom. The van der Waals surface area contributed by atoms with E-state index in [-0.39, 0.29) is 0 Å². The summed E-state index contributed by atoms with van der Waals surface area (Å²) in [4.78, 5) is 7.87. The Balaban J connectivity index is 1.96. The SMILES string of the molecule is Cc1cc2c(cc1Oc1cncnc1)C=CC2. The average molecular weight is 224 g/mol. The van der Waals surface area contributed by atoms with Crippen LogP contribution < -0.4 is 4.74 Å². The minimum Gasteiger partial charge on any atom is -0.454 e. The van der Waals surface area contributed by atoms with Gasteiger partial charge in [-0.1, -0.05) is 18.2 Å². The van der Waals surface area contributed by atoms with Crippen LogP contribution in [0.1, 0.15) is 16.7 Å². The summed E-state index contributed by atoms with van der Waals surface area (Å²) in [6.45, 7) is 2.05. The van der Waals surface area contributed by atoms with E-state index < -0.39 is 0 Å². The third-order valence-electron chi connectivity index (χ3n) is 2.84. The first-order valence-corrected chi connectivity index (χ1v) is 5.56. The minimum atomic E-state index is 0.664. The average Bonchev–Trinajstić information content (AvgIpc) is 2.78. The monoisotopic (exact) mass is 224 g/mol. The van der Waals surface area contributed by atoms with E-state index in [4.69, 9.17) is 4.74 Å². The van der Waals surface area contributed by atoms with Gasteiger partial charge in [0.15, 0.2) is 5.75 Å². The Morgan fingerprint density at radius 1 is 1.18 bits per heavy atom. The highest BCUT2D eigenvalue weighted by Crippen LogP contribution is 2.30. The number of allylic oxidation sites excluding steroid dienone is 1. The molecule has 0 N–H and O–H groups in total. The quantitative estimate of drug-likeness (QED) is 0.786. The summed E-state index contributed by atoms with van der Waals surface area (Å²) < 4.78 is 5.78. The van der Waals surface area contributed by atoms with Crippen molar-refractivity contribution >= 4 is 6.08 Å². The predicted molar refractivity (Wildman–Crippen MR) is 66.0 cm³/mol. The smallest absolute Gasteiger partial charge is 0.164 e. The van der Waals surface area contributed by atoms with E-state index >= 15 is 0 Å². The first-order valence-electron chi connectivity index (χ1n) is 5.56. The molecule has 0 aliphatic heterocycles. The van der Waals surface area contributed by atoms with Crippen LogP contribution in [0.15, 0.2) is 36.9 Å². The van der Waals surface area contributed by atoms with Crippen LogP contribution in [-0.2, 0) is 6.42 Å². The van der Waals surface area contributed by atoms with Crippen molar-refractivity contribution in [3.05, 3.63) is 53.6 Å². The van der Waals surface area contributed by atoms with E-state index in [9.17, 15) is 0 Å². The number of aromatic nitrogens is 2. The van der Waals surface area contributed by atoms with Crippen molar-refractivity contribution in [3.63, 3.8) is 0 Å². The fraction of sp³-hybridized carbons (Fsp3) is 0.143. The molecule has 17 heavy (non-hydrogen) atoms. The van der Waals surface area contributed by atoms with Crippen LogP contribution in [0, 0.1) is 6.92 Å². The van der Waals surface area contributed by atoms with Crippen LogP contribution in [0.3, 0.4) is 0 Å². The van der Waals surface area contributed by atoms with Crippen LogP contribution in [0.4, 0.5) is 0 Å². The van der Waals surface area contributed by atoms with Gasteiger partial charge in [-0.2, -0.15) is 0 Å². The number of benzene rings is 1. The Bertz CT molecular complexity index is 576. The van der Waals surface area contributed by atoms with Crippen molar-refractivity contribution in [2.75, 3.05) is 0 Å². The fourth-order valence-electron chi connectivity index (χ4n) is 1.98. The molecule has 0 amide bonds. The van der Waals surface area contributed by atoms with Crippen LogP contribution in [-0.4, -0.2) is 9.97 Å². The normalized spacial score (nSPS) is 12.5. The number of nitrogens with zero attached hydrogens (tertiary/aromatic N) is 2. The molecule has 3 heteroatoms. The summed E-state index contributed by atoms with van der Waals surface area (Å²) >= 11 is 0. The van der Waals surface area contributed by atoms with Gasteiger partial charge in [-0.25, -0.2) is 9.97 Å². The first-order chi connectivity index (χ1) is 8.33. The highest BCUT2D eigenvalue weighted by atomic mass is 16.5. The molecule has 1 aliphatic rings. The van der Waals surface area contributed by atoms with Crippen LogP contribution in [0.5, 0.6) is 11.5 Å². The van der Waals surface area contributed by atoms with E-state index in [1.807, 2.05) is 0 Å². The van der Waals surface area contributed by atoms with Gasteiger partial charge in [0, 0.05) is 0 Å². The third kappa shape index (κ3) is 1.91. The van der Waals surface area contributed by atoms with Crippen LogP contribution in [0.2, 0.25) is 0 Å². The van der Waals surface area contributed by atoms with Crippen molar-refractivity contribution in [2.24, 2.45) is 0 Å². The summed E-state index contributed by atoms with van der Waals surface area (Å²) in [6, 6.07) is 4.25. The highest BCUT2D eigenvalue weighted by molar-refractivity contribution is 5.63. The zero-order valence-corrected chi connectivity index (χ0v) is 9.55. The van der Waals surface area contributed by atoms with Gasteiger partial charge in [-0.05, 0) is 36.1 Å². The van der Waals surface area contributed by atoms with Gasteiger partial charge in [0.2, 0.25) is 0 Å². The Hall–Kier alpha value is -2.16. The summed E-state index contributed by atoms with van der Waals surface area (Å²) in [6.07, 6.45) is 10.1. The lowest BCUT2D eigenvalue weighted by Gasteiger charge is -2.10. The van der Waals surface area contributed by atoms with Crippen LogP contribution in [0.25, 0.3) is 6.08 Å². The molecular formula is C14H12N2O. The van der Waals surface area contributed by atoms with Gasteiger partial charge >= 0.3 is 0 Å². The molecule has 1 aliphatic carbocycles. The topological polar surface area (TPSA) is 35.0 Å². The molecule has 0 atom stereocenters. The summed E-state index contributed by atoms with van der Waals surface area (Å²) in [5, 5.41) is 0. The maximum absolute atomic E-state index is 5.78. The standard InChI is InChI=1S/C14H12N2O/c1-10-5-11-3-2-4-12(11)6-14(10)17-13-7-15-9-16-8-13/h2,4-9H,3H2,1H3. The Morgan fingerprint density at radius 3 is 2.82 bits per heavy atom. The van der Waals surface area contributed by atoms with Gasteiger partial charge in [-0.15, -0.1) is 0 Å². The number of rotatable bonds is 2. The largest absolute Gasteiger partial charge is 0.454 e. The van der Waals surface area contributed by atoms with Crippen molar-refractivity contribution in [1.82, 2.24) is 9.97 Å². The molecule has 3 nitrogen and oxygen atoms in total. The van der Waals surface area contributed by atoms with Crippen molar-refractivity contribution in [3.8, 4) is 11.5 Å². The lowest BCUT2D eigenvalue weighted by atomic mass is 10.1. The molecule has 0 saturated heterocycles. The second kappa shape index (κ2) is 4.01. The zero-order valence-electron chi connectivity index (χ0n) is 9.55. The van der Waals surface area contributed by atoms with Gasteiger partial charge in [0.05, 0.1) is 12.4 Å². The molecule has 0 bridgehead atoms. The van der Waals surface area contributed by atoms with Gasteiger partial charge in [0.1, 0.15) is 12.1 Å². The number of aryl methyl sites for hydroxylation is 1. The van der Waals surface area contributed by atoms with Gasteiger partial charge < -0.3 is 4.74 Å². The van der Waals surface area contributed by atoms with Crippen LogP contribution >= 0.6 is 0 Å². The lowest BCUT2D eigenvalue weighted by Crippen LogP contribution is -1.92.